The number of carbonyl (C=O) groups excluding carboxylic acids is 2. The number of rotatable bonds is 46. The Morgan fingerprint density at radius 2 is 1.24 bits per heavy atom. The molecule has 0 aliphatic heterocycles. The summed E-state index contributed by atoms with van der Waals surface area (Å²) in [5.74, 6) is -2.29. The molecule has 0 saturated carbocycles. The molecule has 0 aliphatic carbocycles. The Labute approximate surface area is 416 Å². The number of nitrogens with zero attached hydrogens (tertiary/aromatic N) is 1. The minimum Gasteiger partial charge on any atom is -0.756 e. The number of thioether (sulfide) groups is 1. The van der Waals surface area contributed by atoms with E-state index in [-0.39, 0.29) is 38.0 Å². The van der Waals surface area contributed by atoms with Gasteiger partial charge < -0.3 is 43.8 Å². The highest BCUT2D eigenvalue weighted by Gasteiger charge is 2.25. The second-order valence-corrected chi connectivity index (χ2v) is 21.0. The number of carboxylic acid groups (broad SMARTS) is 1. The van der Waals surface area contributed by atoms with Crippen LogP contribution >= 0.6 is 19.6 Å². The molecule has 5 atom stereocenters. The zero-order valence-corrected chi connectivity index (χ0v) is 44.4. The van der Waals surface area contributed by atoms with Gasteiger partial charge in [-0.05, 0) is 70.6 Å². The van der Waals surface area contributed by atoms with Gasteiger partial charge in [-0.3, -0.25) is 18.9 Å². The number of allylic oxidation sites excluding steroid dienone is 11. The van der Waals surface area contributed by atoms with Crippen molar-refractivity contribution < 1.29 is 57.1 Å². The summed E-state index contributed by atoms with van der Waals surface area (Å²) < 4.78 is 34.1. The molecule has 0 aromatic rings. The third-order valence-electron chi connectivity index (χ3n) is 10.7. The fourth-order valence-corrected chi connectivity index (χ4v) is 8.39. The van der Waals surface area contributed by atoms with Crippen LogP contribution < -0.4 is 10.6 Å². The summed E-state index contributed by atoms with van der Waals surface area (Å²) in [6, 6.07) is -1.14. The van der Waals surface area contributed by atoms with Crippen molar-refractivity contribution in [1.29, 1.82) is 0 Å². The first-order valence-corrected chi connectivity index (χ1v) is 28.1. The van der Waals surface area contributed by atoms with E-state index in [1.54, 1.807) is 12.2 Å². The van der Waals surface area contributed by atoms with Crippen molar-refractivity contribution in [1.82, 2.24) is 0 Å². The Balaban J connectivity index is 5.10. The zero-order valence-electron chi connectivity index (χ0n) is 42.7. The Morgan fingerprint density at radius 3 is 1.81 bits per heavy atom. The Hall–Kier alpha value is -2.81. The van der Waals surface area contributed by atoms with Crippen LogP contribution in [0.4, 0.5) is 0 Å². The maximum absolute atomic E-state index is 13.1. The molecule has 0 radical (unpaired) electrons. The van der Waals surface area contributed by atoms with Crippen molar-refractivity contribution in [2.24, 2.45) is 5.73 Å². The number of hydrogen-bond acceptors (Lipinski definition) is 12. The number of nitrogens with two attached hydrogens (primary N) is 1. The van der Waals surface area contributed by atoms with E-state index in [1.165, 1.54) is 82.4 Å². The Morgan fingerprint density at radius 1 is 0.691 bits per heavy atom. The molecule has 0 fully saturated rings. The number of hydrogen-bond donors (Lipinski definition) is 3. The number of aliphatic hydroxyl groups excluding tert-OH is 1. The van der Waals surface area contributed by atoms with Crippen LogP contribution in [0.15, 0.2) is 72.9 Å². The first-order valence-electron chi connectivity index (χ1n) is 25.6. The Kier molecular flexibility index (Phi) is 42.3. The number of carboxylic acids is 1. The van der Waals surface area contributed by atoms with E-state index in [4.69, 9.17) is 29.4 Å². The lowest BCUT2D eigenvalue weighted by atomic mass is 10.1. The predicted molar refractivity (Wildman–Crippen MR) is 278 cm³/mol. The normalized spacial score (nSPS) is 15.3. The minimum atomic E-state index is -4.77. The number of ether oxygens (including phenoxy) is 2. The molecule has 0 rings (SSSR count). The fourth-order valence-electron chi connectivity index (χ4n) is 6.54. The monoisotopic (exact) mass is 997 g/mol. The molecule has 0 bridgehead atoms. The van der Waals surface area contributed by atoms with Gasteiger partial charge in [0, 0.05) is 23.8 Å². The van der Waals surface area contributed by atoms with E-state index >= 15 is 0 Å². The van der Waals surface area contributed by atoms with E-state index in [0.29, 0.717) is 17.4 Å². The van der Waals surface area contributed by atoms with Crippen LogP contribution in [0.2, 0.25) is 0 Å². The average molecular weight is 997 g/mol. The number of phosphoric acid groups is 1. The SMILES string of the molecule is CCCCC/C=C\C\C=C/C=C/C=C/[C@@H](SC[C@H](N)C(=O)OC[C@H](COP(=O)([O-])OCC[N+](C)(C)C)OC(=O)CCCCCCCCCCC/C=C\C/C=C\CCCCC)[C@@H](O)CCCC(=O)O. The summed E-state index contributed by atoms with van der Waals surface area (Å²) in [7, 11) is 0.896. The van der Waals surface area contributed by atoms with Crippen molar-refractivity contribution >= 4 is 37.5 Å². The number of carbonyl (C=O) groups is 3. The standard InChI is InChI=1S/C53H93N2O11PS/c1-6-8-10-12-14-16-18-20-21-22-23-24-25-26-28-30-32-34-36-41-52(59)66-47(45-65-67(61,62)64-43-42-55(3,4)5)44-63-53(60)48(54)46-68-50(49(56)38-37-40-51(57)58)39-35-33-31-29-27-19-17-15-13-11-9-7-2/h14-17,20-21,27,29,31,33,35,39,47-50,56H,6-13,18-19,22-26,28,30,32,34,36-38,40-46,54H2,1-5H3,(H-,57,58,61,62)/b16-14-,17-15-,21-20-,29-27-,33-31+,39-35+/t47-,48+,49+,50-/m1/s1. The van der Waals surface area contributed by atoms with E-state index in [0.717, 1.165) is 51.4 Å². The molecule has 1 unspecified atom stereocenters. The van der Waals surface area contributed by atoms with Crippen molar-refractivity contribution in [3.63, 3.8) is 0 Å². The highest BCUT2D eigenvalue weighted by molar-refractivity contribution is 8.00. The summed E-state index contributed by atoms with van der Waals surface area (Å²) >= 11 is 1.22. The molecule has 0 amide bonds. The van der Waals surface area contributed by atoms with Crippen LogP contribution in [0.3, 0.4) is 0 Å². The molecule has 0 aromatic carbocycles. The molecule has 0 aliphatic rings. The molecular weight excluding hydrogens is 904 g/mol. The average Bonchev–Trinajstić information content (AvgIpc) is 3.28. The zero-order chi connectivity index (χ0) is 50.6. The molecule has 13 nitrogen and oxygen atoms in total. The van der Waals surface area contributed by atoms with Gasteiger partial charge in [-0.25, -0.2) is 0 Å². The molecule has 68 heavy (non-hydrogen) atoms. The predicted octanol–water partition coefficient (Wildman–Crippen LogP) is 11.3. The van der Waals surface area contributed by atoms with Crippen molar-refractivity contribution in [3.8, 4) is 0 Å². The molecule has 0 spiro atoms. The summed E-state index contributed by atoms with van der Waals surface area (Å²) in [6.45, 7) is 3.59. The van der Waals surface area contributed by atoms with Gasteiger partial charge in [0.15, 0.2) is 6.10 Å². The summed E-state index contributed by atoms with van der Waals surface area (Å²) in [5, 5.41) is 19.5. The van der Waals surface area contributed by atoms with E-state index in [2.05, 4.69) is 50.3 Å². The number of aliphatic hydroxyl groups is 1. The number of unbranched alkanes of at least 4 members (excludes halogenated alkanes) is 15. The van der Waals surface area contributed by atoms with Gasteiger partial charge in [-0.1, -0.05) is 157 Å². The van der Waals surface area contributed by atoms with Crippen LogP contribution in [0.5, 0.6) is 0 Å². The maximum atomic E-state index is 13.1. The van der Waals surface area contributed by atoms with Crippen LogP contribution in [-0.4, -0.2) is 109 Å². The van der Waals surface area contributed by atoms with Crippen LogP contribution in [0.1, 0.15) is 168 Å². The van der Waals surface area contributed by atoms with Gasteiger partial charge in [0.2, 0.25) is 0 Å². The fraction of sp³-hybridized carbons (Fsp3) is 0.717. The smallest absolute Gasteiger partial charge is 0.323 e. The number of aliphatic carboxylic acids is 1. The number of esters is 2. The number of quaternary nitrogens is 1. The van der Waals surface area contributed by atoms with E-state index in [1.807, 2.05) is 45.4 Å². The first kappa shape index (κ1) is 65.2. The molecule has 0 saturated heterocycles. The second kappa shape index (κ2) is 44.2. The molecule has 15 heteroatoms. The van der Waals surface area contributed by atoms with Gasteiger partial charge in [0.1, 0.15) is 25.8 Å². The minimum absolute atomic E-state index is 0.0457. The third kappa shape index (κ3) is 44.4. The van der Waals surface area contributed by atoms with Crippen molar-refractivity contribution in [2.45, 2.75) is 191 Å². The van der Waals surface area contributed by atoms with Crippen LogP contribution in [0, 0.1) is 0 Å². The van der Waals surface area contributed by atoms with Crippen molar-refractivity contribution in [2.75, 3.05) is 53.3 Å². The second-order valence-electron chi connectivity index (χ2n) is 18.4. The van der Waals surface area contributed by atoms with Gasteiger partial charge in [-0.2, -0.15) is 0 Å². The van der Waals surface area contributed by atoms with E-state index < -0.39 is 62.4 Å². The highest BCUT2D eigenvalue weighted by Crippen LogP contribution is 2.38. The van der Waals surface area contributed by atoms with E-state index in [9.17, 15) is 28.9 Å². The van der Waals surface area contributed by atoms with Gasteiger partial charge in [0.25, 0.3) is 7.82 Å². The molecular formula is C53H93N2O11PS. The van der Waals surface area contributed by atoms with Crippen LogP contribution in [0.25, 0.3) is 0 Å². The summed E-state index contributed by atoms with van der Waals surface area (Å²) in [6.07, 6.45) is 45.3. The lowest BCUT2D eigenvalue weighted by Gasteiger charge is -2.28. The Bertz CT molecular complexity index is 1510. The molecule has 0 aromatic heterocycles. The highest BCUT2D eigenvalue weighted by atomic mass is 32.2. The van der Waals surface area contributed by atoms with Gasteiger partial charge in [-0.15, -0.1) is 11.8 Å². The molecule has 392 valence electrons. The lowest BCUT2D eigenvalue weighted by molar-refractivity contribution is -0.870. The van der Waals surface area contributed by atoms with Gasteiger partial charge >= 0.3 is 17.9 Å². The van der Waals surface area contributed by atoms with Crippen LogP contribution in [-0.2, 0) is 37.5 Å². The van der Waals surface area contributed by atoms with Crippen molar-refractivity contribution in [3.05, 3.63) is 72.9 Å². The summed E-state index contributed by atoms with van der Waals surface area (Å²) in [5.41, 5.74) is 6.21. The first-order chi connectivity index (χ1) is 32.6. The quantitative estimate of drug-likeness (QED) is 0.0130. The number of likely N-dealkylation sites (N-methyl/N-ethyl adjacent to an activating group) is 1. The maximum Gasteiger partial charge on any atom is 0.323 e. The summed E-state index contributed by atoms with van der Waals surface area (Å²) in [4.78, 5) is 49.6. The molecule has 4 N–H and O–H groups in total. The number of phosphoric ester groups is 1. The lowest BCUT2D eigenvalue weighted by Crippen LogP contribution is -2.39. The largest absolute Gasteiger partial charge is 0.756 e. The van der Waals surface area contributed by atoms with Gasteiger partial charge in [0.05, 0.1) is 33.9 Å². The molecule has 0 heterocycles. The topological polar surface area (TPSA) is 195 Å². The third-order valence-corrected chi connectivity index (χ3v) is 13.1.